The van der Waals surface area contributed by atoms with E-state index in [-0.39, 0.29) is 12.0 Å². The minimum atomic E-state index is -0.287. The monoisotopic (exact) mass is 377 g/mol. The molecule has 2 aromatic rings. The summed E-state index contributed by atoms with van der Waals surface area (Å²) in [6.07, 6.45) is 4.83. The third-order valence-electron chi connectivity index (χ3n) is 5.98. The number of benzene rings is 1. The van der Waals surface area contributed by atoms with Crippen LogP contribution in [0.2, 0.25) is 0 Å². The Morgan fingerprint density at radius 3 is 2.75 bits per heavy atom. The van der Waals surface area contributed by atoms with Crippen LogP contribution in [0.3, 0.4) is 0 Å². The highest BCUT2D eigenvalue weighted by atomic mass is 16.6. The summed E-state index contributed by atoms with van der Waals surface area (Å²) in [5.41, 5.74) is 6.07. The molecule has 0 unspecified atom stereocenters. The predicted octanol–water partition coefficient (Wildman–Crippen LogP) is 3.12. The lowest BCUT2D eigenvalue weighted by molar-refractivity contribution is 0.0728. The number of fused-ring (bicyclic) bond motifs is 2. The lowest BCUT2D eigenvalue weighted by atomic mass is 9.95. The summed E-state index contributed by atoms with van der Waals surface area (Å²) in [7, 11) is 0. The van der Waals surface area contributed by atoms with Crippen molar-refractivity contribution in [3.05, 3.63) is 58.4 Å². The average Bonchev–Trinajstić information content (AvgIpc) is 3.17. The zero-order chi connectivity index (χ0) is 19.1. The number of rotatable bonds is 2. The third-order valence-corrected chi connectivity index (χ3v) is 5.98. The second-order valence-corrected chi connectivity index (χ2v) is 7.67. The molecule has 3 heterocycles. The summed E-state index contributed by atoms with van der Waals surface area (Å²) in [6.45, 7) is 2.18. The molecule has 0 radical (unpaired) electrons. The number of ether oxygens (including phenoxy) is 1. The number of aromatic nitrogens is 1. The Morgan fingerprint density at radius 1 is 1.00 bits per heavy atom. The Kier molecular flexibility index (Phi) is 4.26. The van der Waals surface area contributed by atoms with Gasteiger partial charge >= 0.3 is 6.09 Å². The molecule has 28 heavy (non-hydrogen) atoms. The van der Waals surface area contributed by atoms with Crippen molar-refractivity contribution < 1.29 is 14.3 Å². The van der Waals surface area contributed by atoms with E-state index in [4.69, 9.17) is 4.74 Å². The van der Waals surface area contributed by atoms with Gasteiger partial charge in [-0.05, 0) is 60.9 Å². The number of aryl methyl sites for hydroxylation is 2. The molecule has 2 aliphatic heterocycles. The Balaban J connectivity index is 1.39. The van der Waals surface area contributed by atoms with Gasteiger partial charge in [0.1, 0.15) is 12.3 Å². The molecular weight excluding hydrogens is 354 g/mol. The van der Waals surface area contributed by atoms with Crippen LogP contribution in [0.15, 0.2) is 30.3 Å². The summed E-state index contributed by atoms with van der Waals surface area (Å²) < 4.78 is 5.09. The van der Waals surface area contributed by atoms with Crippen molar-refractivity contribution in [1.29, 1.82) is 0 Å². The molecule has 1 aromatic heterocycles. The molecule has 1 saturated heterocycles. The first kappa shape index (κ1) is 17.2. The number of nitrogens with zero attached hydrogens (tertiary/aromatic N) is 3. The number of cyclic esters (lactones) is 1. The number of carbonyl (C=O) groups is 2. The summed E-state index contributed by atoms with van der Waals surface area (Å²) in [6, 6.07) is 9.90. The van der Waals surface area contributed by atoms with Crippen molar-refractivity contribution >= 4 is 17.7 Å². The van der Waals surface area contributed by atoms with Crippen molar-refractivity contribution in [2.75, 3.05) is 24.6 Å². The predicted molar refractivity (Wildman–Crippen MR) is 104 cm³/mol. The Labute approximate surface area is 164 Å². The highest BCUT2D eigenvalue weighted by Crippen LogP contribution is 2.31. The standard InChI is InChI=1S/C22H23N3O3/c26-21(19-9-8-15-4-1-2-6-18(15)23-19)24-11-10-17-16(14-24)5-3-7-20(17)25-12-13-28-22(25)27/h3,5,7-9H,1-2,4,6,10-14H2. The summed E-state index contributed by atoms with van der Waals surface area (Å²) in [5, 5.41) is 0. The van der Waals surface area contributed by atoms with Crippen molar-refractivity contribution in [1.82, 2.24) is 9.88 Å². The van der Waals surface area contributed by atoms with Crippen LogP contribution < -0.4 is 4.90 Å². The molecule has 2 amide bonds. The number of hydrogen-bond donors (Lipinski definition) is 0. The highest BCUT2D eigenvalue weighted by molar-refractivity contribution is 5.93. The van der Waals surface area contributed by atoms with Crippen LogP contribution in [0, 0.1) is 0 Å². The van der Waals surface area contributed by atoms with E-state index in [1.807, 2.05) is 29.2 Å². The fourth-order valence-corrected chi connectivity index (χ4v) is 4.49. The molecule has 144 valence electrons. The van der Waals surface area contributed by atoms with Crippen molar-refractivity contribution in [2.24, 2.45) is 0 Å². The van der Waals surface area contributed by atoms with Gasteiger partial charge in [0.15, 0.2) is 0 Å². The normalized spacial score (nSPS) is 18.5. The second kappa shape index (κ2) is 6.93. The van der Waals surface area contributed by atoms with Crippen LogP contribution in [0.4, 0.5) is 10.5 Å². The highest BCUT2D eigenvalue weighted by Gasteiger charge is 2.30. The molecule has 1 aromatic carbocycles. The molecule has 0 bridgehead atoms. The molecule has 6 nitrogen and oxygen atoms in total. The molecule has 0 N–H and O–H groups in total. The Hall–Kier alpha value is -2.89. The Morgan fingerprint density at radius 2 is 1.89 bits per heavy atom. The number of pyridine rings is 1. The lowest BCUT2D eigenvalue weighted by Crippen LogP contribution is -2.37. The minimum absolute atomic E-state index is 0.00925. The van der Waals surface area contributed by atoms with Crippen molar-refractivity contribution in [3.63, 3.8) is 0 Å². The first-order valence-corrected chi connectivity index (χ1v) is 10.0. The zero-order valence-electron chi connectivity index (χ0n) is 15.8. The Bertz CT molecular complexity index is 956. The van der Waals surface area contributed by atoms with E-state index in [0.29, 0.717) is 31.9 Å². The van der Waals surface area contributed by atoms with Gasteiger partial charge in [-0.1, -0.05) is 18.2 Å². The quantitative estimate of drug-likeness (QED) is 0.807. The van der Waals surface area contributed by atoms with E-state index in [2.05, 4.69) is 11.1 Å². The van der Waals surface area contributed by atoms with E-state index in [0.717, 1.165) is 48.2 Å². The summed E-state index contributed by atoms with van der Waals surface area (Å²) in [5.74, 6) is -0.00925. The number of hydrogen-bond acceptors (Lipinski definition) is 4. The van der Waals surface area contributed by atoms with E-state index >= 15 is 0 Å². The van der Waals surface area contributed by atoms with Crippen LogP contribution in [0.25, 0.3) is 0 Å². The van der Waals surface area contributed by atoms with Gasteiger partial charge in [0.2, 0.25) is 0 Å². The van der Waals surface area contributed by atoms with Crippen molar-refractivity contribution in [3.8, 4) is 0 Å². The molecule has 6 heteroatoms. The number of carbonyl (C=O) groups excluding carboxylic acids is 2. The van der Waals surface area contributed by atoms with Gasteiger partial charge in [-0.3, -0.25) is 9.69 Å². The van der Waals surface area contributed by atoms with Gasteiger partial charge in [-0.15, -0.1) is 0 Å². The molecular formula is C22H23N3O3. The maximum absolute atomic E-state index is 13.1. The van der Waals surface area contributed by atoms with Gasteiger partial charge in [0.05, 0.1) is 12.2 Å². The average molecular weight is 377 g/mol. The summed E-state index contributed by atoms with van der Waals surface area (Å²) in [4.78, 5) is 33.3. The van der Waals surface area contributed by atoms with Crippen LogP contribution in [0.1, 0.15) is 45.7 Å². The maximum Gasteiger partial charge on any atom is 0.414 e. The first-order valence-electron chi connectivity index (χ1n) is 10.0. The van der Waals surface area contributed by atoms with E-state index in [1.54, 1.807) is 4.90 Å². The van der Waals surface area contributed by atoms with Crippen LogP contribution in [-0.2, 0) is 30.5 Å². The molecule has 0 saturated carbocycles. The van der Waals surface area contributed by atoms with Crippen LogP contribution in [0.5, 0.6) is 0 Å². The lowest BCUT2D eigenvalue weighted by Gasteiger charge is -2.31. The number of amides is 2. The minimum Gasteiger partial charge on any atom is -0.447 e. The zero-order valence-corrected chi connectivity index (χ0v) is 15.8. The fraction of sp³-hybridized carbons (Fsp3) is 0.409. The van der Waals surface area contributed by atoms with Gasteiger partial charge in [-0.2, -0.15) is 0 Å². The van der Waals surface area contributed by atoms with Gasteiger partial charge in [0.25, 0.3) is 5.91 Å². The topological polar surface area (TPSA) is 62.7 Å². The number of anilines is 1. The molecule has 3 aliphatic rings. The fourth-order valence-electron chi connectivity index (χ4n) is 4.49. The molecule has 1 fully saturated rings. The molecule has 5 rings (SSSR count). The second-order valence-electron chi connectivity index (χ2n) is 7.67. The first-order chi connectivity index (χ1) is 13.7. The third kappa shape index (κ3) is 2.93. The van der Waals surface area contributed by atoms with Crippen LogP contribution >= 0.6 is 0 Å². The molecule has 1 aliphatic carbocycles. The smallest absolute Gasteiger partial charge is 0.414 e. The van der Waals surface area contributed by atoms with Gasteiger partial charge in [0, 0.05) is 18.8 Å². The summed E-state index contributed by atoms with van der Waals surface area (Å²) >= 11 is 0. The largest absolute Gasteiger partial charge is 0.447 e. The van der Waals surface area contributed by atoms with Gasteiger partial charge in [-0.25, -0.2) is 9.78 Å². The SMILES string of the molecule is O=C(c1ccc2c(n1)CCCC2)N1CCc2c(cccc2N2CCOC2=O)C1. The molecule has 0 spiro atoms. The van der Waals surface area contributed by atoms with Crippen LogP contribution in [-0.4, -0.2) is 41.6 Å². The van der Waals surface area contributed by atoms with E-state index < -0.39 is 0 Å². The molecule has 0 atom stereocenters. The maximum atomic E-state index is 13.1. The van der Waals surface area contributed by atoms with E-state index in [9.17, 15) is 9.59 Å². The van der Waals surface area contributed by atoms with Crippen molar-refractivity contribution in [2.45, 2.75) is 38.6 Å². The van der Waals surface area contributed by atoms with E-state index in [1.165, 1.54) is 12.0 Å². The van der Waals surface area contributed by atoms with Gasteiger partial charge < -0.3 is 9.64 Å².